The van der Waals surface area contributed by atoms with Crippen LogP contribution in [0.4, 0.5) is 4.79 Å². The molecular weight excluding hydrogens is 570 g/mol. The summed E-state index contributed by atoms with van der Waals surface area (Å²) in [6.07, 6.45) is 0.226. The van der Waals surface area contributed by atoms with Gasteiger partial charge in [0.05, 0.1) is 43.2 Å². The second kappa shape index (κ2) is 15.4. The topological polar surface area (TPSA) is 173 Å². The summed E-state index contributed by atoms with van der Waals surface area (Å²) in [4.78, 5) is 24.5. The predicted molar refractivity (Wildman–Crippen MR) is 153 cm³/mol. The molecule has 2 atom stereocenters. The summed E-state index contributed by atoms with van der Waals surface area (Å²) >= 11 is 6.28. The number of nitrogens with zero attached hydrogens (tertiary/aromatic N) is 2. The Bertz CT molecular complexity index is 1390. The third kappa shape index (κ3) is 8.18. The normalized spacial score (nSPS) is 15.3. The number of hydrogen-bond donors (Lipinski definition) is 4. The summed E-state index contributed by atoms with van der Waals surface area (Å²) < 4.78 is 27.3. The van der Waals surface area contributed by atoms with Gasteiger partial charge < -0.3 is 39.4 Å². The van der Waals surface area contributed by atoms with E-state index < -0.39 is 24.3 Å². The van der Waals surface area contributed by atoms with Gasteiger partial charge in [-0.1, -0.05) is 17.7 Å². The van der Waals surface area contributed by atoms with E-state index in [1.165, 1.54) is 13.3 Å². The molecule has 1 heterocycles. The number of amides is 2. The maximum atomic E-state index is 12.4. The number of allylic oxidation sites excluding steroid dienone is 1. The van der Waals surface area contributed by atoms with Crippen LogP contribution in [0.2, 0.25) is 5.02 Å². The Hall–Kier alpha value is -4.67. The van der Waals surface area contributed by atoms with Gasteiger partial charge in [0, 0.05) is 5.70 Å². The van der Waals surface area contributed by atoms with Crippen molar-refractivity contribution in [3.8, 4) is 29.1 Å². The summed E-state index contributed by atoms with van der Waals surface area (Å²) in [7, 11) is 1.26. The first-order valence-electron chi connectivity index (χ1n) is 12.9. The highest BCUT2D eigenvalue weighted by Gasteiger charge is 2.32. The number of ether oxygens (including phenoxy) is 5. The van der Waals surface area contributed by atoms with Gasteiger partial charge in [0.25, 0.3) is 0 Å². The van der Waals surface area contributed by atoms with Crippen LogP contribution < -0.4 is 35.0 Å². The zero-order chi connectivity index (χ0) is 30.6. The number of esters is 1. The molecule has 0 fully saturated rings. The average molecular weight is 602 g/mol. The summed E-state index contributed by atoms with van der Waals surface area (Å²) in [6, 6.07) is 8.79. The van der Waals surface area contributed by atoms with Crippen molar-refractivity contribution in [3.05, 3.63) is 57.8 Å². The molecule has 2 amide bonds. The Morgan fingerprint density at radius 2 is 1.90 bits per heavy atom. The molecule has 0 spiro atoms. The minimum atomic E-state index is -1.20. The number of hydrazone groups is 1. The summed E-state index contributed by atoms with van der Waals surface area (Å²) in [5, 5.41) is 28.7. The summed E-state index contributed by atoms with van der Waals surface area (Å²) in [5.74, 6) is 0.692. The number of aliphatic hydroxyl groups excluding tert-OH is 1. The third-order valence-electron chi connectivity index (χ3n) is 5.72. The van der Waals surface area contributed by atoms with Crippen molar-refractivity contribution in [2.24, 2.45) is 5.10 Å². The molecule has 3 rings (SSSR count). The van der Waals surface area contributed by atoms with Gasteiger partial charge >= 0.3 is 12.0 Å². The van der Waals surface area contributed by atoms with E-state index in [1.807, 2.05) is 6.07 Å². The average Bonchev–Trinajstić information content (AvgIpc) is 2.95. The van der Waals surface area contributed by atoms with E-state index >= 15 is 0 Å². The molecule has 2 aromatic rings. The Morgan fingerprint density at radius 1 is 1.17 bits per heavy atom. The van der Waals surface area contributed by atoms with Crippen molar-refractivity contribution in [1.82, 2.24) is 16.1 Å². The number of rotatable bonds is 14. The van der Waals surface area contributed by atoms with Gasteiger partial charge in [-0.15, -0.1) is 0 Å². The van der Waals surface area contributed by atoms with E-state index in [2.05, 4.69) is 21.2 Å². The standard InChI is InChI=1S/C28H32ClN5O8/c1-5-39-21-13-18(25-24(27(36)38-4)16(3)32-28(37)33-25)7-8-20(21)42-15-23(35)34-31-14-17-11-19(29)26(41-10-9-30)22(12-17)40-6-2/h7-8,11-14,23,25,34-35H,5-6,10,15H2,1-4H3,(H2,32,33,37)/b31-14-/t23-,25-/m0/s1. The molecule has 4 N–H and O–H groups in total. The van der Waals surface area contributed by atoms with Crippen molar-refractivity contribution < 1.29 is 38.4 Å². The zero-order valence-corrected chi connectivity index (χ0v) is 24.3. The molecule has 13 nitrogen and oxygen atoms in total. The summed E-state index contributed by atoms with van der Waals surface area (Å²) in [5.41, 5.74) is 4.32. The second-order valence-electron chi connectivity index (χ2n) is 8.62. The van der Waals surface area contributed by atoms with Crippen molar-refractivity contribution in [1.29, 1.82) is 5.26 Å². The monoisotopic (exact) mass is 601 g/mol. The van der Waals surface area contributed by atoms with E-state index in [0.717, 1.165) is 0 Å². The van der Waals surface area contributed by atoms with E-state index in [0.29, 0.717) is 47.3 Å². The molecule has 0 saturated heterocycles. The fourth-order valence-corrected chi connectivity index (χ4v) is 4.26. The van der Waals surface area contributed by atoms with Gasteiger partial charge in [0.2, 0.25) is 0 Å². The van der Waals surface area contributed by atoms with Crippen molar-refractivity contribution in [2.75, 3.05) is 33.5 Å². The highest BCUT2D eigenvalue weighted by Crippen LogP contribution is 2.37. The number of nitriles is 1. The lowest BCUT2D eigenvalue weighted by atomic mass is 9.95. The molecule has 14 heteroatoms. The van der Waals surface area contributed by atoms with Crippen molar-refractivity contribution in [2.45, 2.75) is 33.0 Å². The minimum absolute atomic E-state index is 0.186. The number of benzene rings is 2. The third-order valence-corrected chi connectivity index (χ3v) is 6.00. The fraction of sp³-hybridized carbons (Fsp3) is 0.357. The lowest BCUT2D eigenvalue weighted by Crippen LogP contribution is -2.45. The van der Waals surface area contributed by atoms with Crippen molar-refractivity contribution in [3.63, 3.8) is 0 Å². The van der Waals surface area contributed by atoms with Gasteiger partial charge in [0.15, 0.2) is 35.8 Å². The lowest BCUT2D eigenvalue weighted by Gasteiger charge is -2.28. The molecule has 2 aromatic carbocycles. The van der Waals surface area contributed by atoms with E-state index in [4.69, 9.17) is 40.5 Å². The number of halogens is 1. The van der Waals surface area contributed by atoms with Gasteiger partial charge in [-0.25, -0.2) is 9.59 Å². The molecular formula is C28H32ClN5O8. The lowest BCUT2D eigenvalue weighted by molar-refractivity contribution is -0.136. The zero-order valence-electron chi connectivity index (χ0n) is 23.5. The first-order valence-corrected chi connectivity index (χ1v) is 13.3. The number of urea groups is 1. The van der Waals surface area contributed by atoms with Crippen LogP contribution in [-0.4, -0.2) is 63.1 Å². The molecule has 0 bridgehead atoms. The molecule has 1 aliphatic rings. The van der Waals surface area contributed by atoms with E-state index in [9.17, 15) is 14.7 Å². The second-order valence-corrected chi connectivity index (χ2v) is 9.03. The molecule has 224 valence electrons. The maximum Gasteiger partial charge on any atom is 0.337 e. The number of carbonyl (C=O) groups is 2. The smallest absolute Gasteiger partial charge is 0.337 e. The maximum absolute atomic E-state index is 12.4. The molecule has 0 aliphatic carbocycles. The first-order chi connectivity index (χ1) is 20.2. The van der Waals surface area contributed by atoms with Crippen LogP contribution in [0.5, 0.6) is 23.0 Å². The SMILES string of the molecule is CCOc1cc([C@@H]2NC(=O)NC(C)=C2C(=O)OC)ccc1OC[C@H](O)N/N=C\c1cc(Cl)c(OCC#N)c(OCC)c1. The highest BCUT2D eigenvalue weighted by molar-refractivity contribution is 6.32. The Balaban J connectivity index is 1.69. The Labute approximate surface area is 248 Å². The molecule has 1 aliphatic heterocycles. The molecule has 0 saturated carbocycles. The van der Waals surface area contributed by atoms with Crippen LogP contribution >= 0.6 is 11.6 Å². The van der Waals surface area contributed by atoms with Gasteiger partial charge in [-0.3, -0.25) is 5.43 Å². The number of aliphatic hydroxyl groups is 1. The fourth-order valence-electron chi connectivity index (χ4n) is 3.99. The van der Waals surface area contributed by atoms with Gasteiger partial charge in [-0.2, -0.15) is 10.4 Å². The van der Waals surface area contributed by atoms with Crippen LogP contribution in [0.25, 0.3) is 0 Å². The Morgan fingerprint density at radius 3 is 2.60 bits per heavy atom. The minimum Gasteiger partial charge on any atom is -0.490 e. The molecule has 0 aromatic heterocycles. The van der Waals surface area contributed by atoms with Crippen LogP contribution in [0.15, 0.2) is 46.7 Å². The van der Waals surface area contributed by atoms with E-state index in [1.54, 1.807) is 51.1 Å². The van der Waals surface area contributed by atoms with Crippen LogP contribution in [-0.2, 0) is 9.53 Å². The Kier molecular flexibility index (Phi) is 11.7. The van der Waals surface area contributed by atoms with Crippen LogP contribution in [0.3, 0.4) is 0 Å². The van der Waals surface area contributed by atoms with Crippen molar-refractivity contribution >= 4 is 29.8 Å². The number of hydrogen-bond acceptors (Lipinski definition) is 11. The van der Waals surface area contributed by atoms with Crippen LogP contribution in [0.1, 0.15) is 37.9 Å². The quantitative estimate of drug-likeness (QED) is 0.109. The number of nitrogens with one attached hydrogen (secondary N) is 3. The number of carbonyl (C=O) groups excluding carboxylic acids is 2. The molecule has 42 heavy (non-hydrogen) atoms. The summed E-state index contributed by atoms with van der Waals surface area (Å²) in [6.45, 7) is 5.50. The van der Waals surface area contributed by atoms with Gasteiger partial charge in [0.1, 0.15) is 12.7 Å². The van der Waals surface area contributed by atoms with Crippen LogP contribution in [0, 0.1) is 11.3 Å². The largest absolute Gasteiger partial charge is 0.490 e. The molecule has 0 unspecified atom stereocenters. The van der Waals surface area contributed by atoms with Gasteiger partial charge in [-0.05, 0) is 56.2 Å². The number of methoxy groups -OCH3 is 1. The first kappa shape index (κ1) is 31.9. The predicted octanol–water partition coefficient (Wildman–Crippen LogP) is 3.16. The molecule has 0 radical (unpaired) electrons. The van der Waals surface area contributed by atoms with E-state index in [-0.39, 0.29) is 29.6 Å². The highest BCUT2D eigenvalue weighted by atomic mass is 35.5.